The average Bonchev–Trinajstić information content (AvgIpc) is 2.41. The van der Waals surface area contributed by atoms with Crippen molar-refractivity contribution in [3.63, 3.8) is 0 Å². The SMILES string of the molecule is Cc1cc([N+](=O)[O-])ccc1Oc1cccc(Cl)c1C=O. The predicted octanol–water partition coefficient (Wildman–Crippen LogP) is 4.16. The zero-order valence-corrected chi connectivity index (χ0v) is 11.3. The zero-order valence-electron chi connectivity index (χ0n) is 10.5. The Bertz CT molecular complexity index is 685. The molecule has 0 saturated carbocycles. The summed E-state index contributed by atoms with van der Waals surface area (Å²) in [5, 5.41) is 11.0. The summed E-state index contributed by atoms with van der Waals surface area (Å²) in [4.78, 5) is 21.2. The summed E-state index contributed by atoms with van der Waals surface area (Å²) in [7, 11) is 0. The van der Waals surface area contributed by atoms with Crippen LogP contribution in [0.2, 0.25) is 5.02 Å². The molecule has 20 heavy (non-hydrogen) atoms. The highest BCUT2D eigenvalue weighted by Crippen LogP contribution is 2.32. The van der Waals surface area contributed by atoms with E-state index in [1.54, 1.807) is 25.1 Å². The van der Waals surface area contributed by atoms with Gasteiger partial charge >= 0.3 is 0 Å². The molecule has 0 radical (unpaired) electrons. The van der Waals surface area contributed by atoms with Gasteiger partial charge < -0.3 is 4.74 Å². The maximum Gasteiger partial charge on any atom is 0.269 e. The molecule has 0 aliphatic rings. The number of rotatable bonds is 4. The van der Waals surface area contributed by atoms with Crippen LogP contribution in [0.3, 0.4) is 0 Å². The number of hydrogen-bond donors (Lipinski definition) is 0. The van der Waals surface area contributed by atoms with Crippen molar-refractivity contribution in [2.45, 2.75) is 6.92 Å². The van der Waals surface area contributed by atoms with Gasteiger partial charge in [-0.1, -0.05) is 17.7 Å². The summed E-state index contributed by atoms with van der Waals surface area (Å²) in [5.41, 5.74) is 0.819. The fourth-order valence-electron chi connectivity index (χ4n) is 1.70. The van der Waals surface area contributed by atoms with Crippen molar-refractivity contribution in [2.24, 2.45) is 0 Å². The van der Waals surface area contributed by atoms with Crippen molar-refractivity contribution in [1.82, 2.24) is 0 Å². The quantitative estimate of drug-likeness (QED) is 0.482. The number of hydrogen-bond acceptors (Lipinski definition) is 4. The number of carbonyl (C=O) groups is 1. The lowest BCUT2D eigenvalue weighted by Gasteiger charge is -2.10. The van der Waals surface area contributed by atoms with E-state index >= 15 is 0 Å². The highest BCUT2D eigenvalue weighted by Gasteiger charge is 2.12. The van der Waals surface area contributed by atoms with Crippen LogP contribution in [0.15, 0.2) is 36.4 Å². The van der Waals surface area contributed by atoms with Gasteiger partial charge in [0, 0.05) is 12.1 Å². The summed E-state index contributed by atoms with van der Waals surface area (Å²) in [6.45, 7) is 1.69. The van der Waals surface area contributed by atoms with Crippen LogP contribution in [0.1, 0.15) is 15.9 Å². The van der Waals surface area contributed by atoms with Gasteiger partial charge in [-0.05, 0) is 30.7 Å². The molecule has 0 heterocycles. The maximum atomic E-state index is 11.0. The highest BCUT2D eigenvalue weighted by molar-refractivity contribution is 6.33. The van der Waals surface area contributed by atoms with Crippen molar-refractivity contribution in [2.75, 3.05) is 0 Å². The van der Waals surface area contributed by atoms with Crippen LogP contribution in [-0.2, 0) is 0 Å². The van der Waals surface area contributed by atoms with E-state index in [1.165, 1.54) is 18.2 Å². The van der Waals surface area contributed by atoms with Crippen LogP contribution in [0.5, 0.6) is 11.5 Å². The summed E-state index contributed by atoms with van der Waals surface area (Å²) in [6, 6.07) is 9.08. The monoisotopic (exact) mass is 291 g/mol. The Morgan fingerprint density at radius 3 is 2.60 bits per heavy atom. The number of nitro benzene ring substituents is 1. The van der Waals surface area contributed by atoms with Gasteiger partial charge in [0.05, 0.1) is 15.5 Å². The second-order valence-electron chi connectivity index (χ2n) is 4.08. The van der Waals surface area contributed by atoms with Crippen molar-refractivity contribution >= 4 is 23.6 Å². The molecule has 2 aromatic rings. The Kier molecular flexibility index (Phi) is 4.00. The molecule has 0 spiro atoms. The third kappa shape index (κ3) is 2.78. The second-order valence-corrected chi connectivity index (χ2v) is 4.49. The number of non-ortho nitro benzene ring substituents is 1. The van der Waals surface area contributed by atoms with Crippen LogP contribution >= 0.6 is 11.6 Å². The van der Waals surface area contributed by atoms with Crippen molar-refractivity contribution in [1.29, 1.82) is 0 Å². The summed E-state index contributed by atoms with van der Waals surface area (Å²) in [6.07, 6.45) is 0.610. The fraction of sp³-hybridized carbons (Fsp3) is 0.0714. The lowest BCUT2D eigenvalue weighted by molar-refractivity contribution is -0.384. The number of carbonyl (C=O) groups excluding carboxylic acids is 1. The van der Waals surface area contributed by atoms with E-state index in [4.69, 9.17) is 16.3 Å². The van der Waals surface area contributed by atoms with Crippen molar-refractivity contribution < 1.29 is 14.5 Å². The minimum Gasteiger partial charge on any atom is -0.456 e. The first-order chi connectivity index (χ1) is 9.52. The molecule has 0 saturated heterocycles. The number of nitro groups is 1. The number of halogens is 1. The zero-order chi connectivity index (χ0) is 14.7. The molecule has 5 nitrogen and oxygen atoms in total. The fourth-order valence-corrected chi connectivity index (χ4v) is 1.91. The lowest BCUT2D eigenvalue weighted by Crippen LogP contribution is -1.94. The molecule has 0 amide bonds. The first kappa shape index (κ1) is 14.0. The minimum absolute atomic E-state index is 0.0171. The summed E-state index contributed by atoms with van der Waals surface area (Å²) < 4.78 is 5.61. The molecule has 0 N–H and O–H groups in total. The Balaban J connectivity index is 2.38. The van der Waals surface area contributed by atoms with Crippen LogP contribution in [0.25, 0.3) is 0 Å². The van der Waals surface area contributed by atoms with Gasteiger partial charge in [-0.3, -0.25) is 14.9 Å². The van der Waals surface area contributed by atoms with Gasteiger partial charge in [-0.2, -0.15) is 0 Å². The van der Waals surface area contributed by atoms with E-state index in [-0.39, 0.29) is 16.3 Å². The maximum absolute atomic E-state index is 11.0. The van der Waals surface area contributed by atoms with Crippen LogP contribution in [0.4, 0.5) is 5.69 Å². The number of nitrogens with zero attached hydrogens (tertiary/aromatic N) is 1. The van der Waals surface area contributed by atoms with E-state index < -0.39 is 4.92 Å². The first-order valence-corrected chi connectivity index (χ1v) is 6.07. The molecule has 0 aliphatic carbocycles. The molecule has 0 aliphatic heterocycles. The molecular formula is C14H10ClNO4. The third-order valence-electron chi connectivity index (χ3n) is 2.72. The van der Waals surface area contributed by atoms with E-state index in [2.05, 4.69) is 0 Å². The Morgan fingerprint density at radius 2 is 2.00 bits per heavy atom. The molecule has 0 aromatic heterocycles. The number of aryl methyl sites for hydroxylation is 1. The third-order valence-corrected chi connectivity index (χ3v) is 3.05. The minimum atomic E-state index is -0.479. The number of aldehydes is 1. The summed E-state index contributed by atoms with van der Waals surface area (Å²) in [5.74, 6) is 0.741. The Morgan fingerprint density at radius 1 is 1.25 bits per heavy atom. The molecule has 0 bridgehead atoms. The molecule has 0 atom stereocenters. The summed E-state index contributed by atoms with van der Waals surface area (Å²) >= 11 is 5.90. The van der Waals surface area contributed by atoms with Crippen molar-refractivity contribution in [3.8, 4) is 11.5 Å². The smallest absolute Gasteiger partial charge is 0.269 e. The standard InChI is InChI=1S/C14H10ClNO4/c1-9-7-10(16(18)19)5-6-13(9)20-14-4-2-3-12(15)11(14)8-17/h2-8H,1H3. The molecule has 0 unspecified atom stereocenters. The lowest BCUT2D eigenvalue weighted by atomic mass is 10.2. The largest absolute Gasteiger partial charge is 0.456 e. The molecular weight excluding hydrogens is 282 g/mol. The van der Waals surface area contributed by atoms with Gasteiger partial charge in [0.25, 0.3) is 5.69 Å². The van der Waals surface area contributed by atoms with E-state index in [9.17, 15) is 14.9 Å². The van der Waals surface area contributed by atoms with Gasteiger partial charge in [0.2, 0.25) is 0 Å². The van der Waals surface area contributed by atoms with E-state index in [1.807, 2.05) is 0 Å². The first-order valence-electron chi connectivity index (χ1n) is 5.69. The Labute approximate surface area is 119 Å². The number of benzene rings is 2. The van der Waals surface area contributed by atoms with E-state index in [0.29, 0.717) is 23.3 Å². The van der Waals surface area contributed by atoms with Crippen LogP contribution in [0, 0.1) is 17.0 Å². The molecule has 2 aromatic carbocycles. The second kappa shape index (κ2) is 5.71. The van der Waals surface area contributed by atoms with Crippen LogP contribution in [-0.4, -0.2) is 11.2 Å². The van der Waals surface area contributed by atoms with Crippen molar-refractivity contribution in [3.05, 3.63) is 62.7 Å². The van der Waals surface area contributed by atoms with Gasteiger partial charge in [-0.15, -0.1) is 0 Å². The number of ether oxygens (including phenoxy) is 1. The normalized spacial score (nSPS) is 10.1. The molecule has 102 valence electrons. The predicted molar refractivity (Wildman–Crippen MR) is 74.7 cm³/mol. The highest BCUT2D eigenvalue weighted by atomic mass is 35.5. The average molecular weight is 292 g/mol. The van der Waals surface area contributed by atoms with Gasteiger partial charge in [-0.25, -0.2) is 0 Å². The Hall–Kier alpha value is -2.40. The van der Waals surface area contributed by atoms with Gasteiger partial charge in [0.1, 0.15) is 11.5 Å². The molecule has 0 fully saturated rings. The van der Waals surface area contributed by atoms with Crippen LogP contribution < -0.4 is 4.74 Å². The topological polar surface area (TPSA) is 69.4 Å². The van der Waals surface area contributed by atoms with E-state index in [0.717, 1.165) is 0 Å². The van der Waals surface area contributed by atoms with Gasteiger partial charge in [0.15, 0.2) is 6.29 Å². The molecule has 2 rings (SSSR count). The molecule has 6 heteroatoms.